The molecule has 0 saturated heterocycles. The third-order valence-electron chi connectivity index (χ3n) is 3.77. The average Bonchev–Trinajstić information content (AvgIpc) is 2.67. The molecule has 10 heteroatoms. The van der Waals surface area contributed by atoms with Crippen LogP contribution in [0.5, 0.6) is 0 Å². The summed E-state index contributed by atoms with van der Waals surface area (Å²) in [6.07, 6.45) is 0. The predicted molar refractivity (Wildman–Crippen MR) is 93.9 cm³/mol. The van der Waals surface area contributed by atoms with E-state index in [4.69, 9.17) is 11.6 Å². The van der Waals surface area contributed by atoms with E-state index in [1.807, 2.05) is 0 Å². The van der Waals surface area contributed by atoms with Gasteiger partial charge in [-0.1, -0.05) is 35.9 Å². The molecule has 0 atom stereocenters. The number of hydrogen-bond acceptors (Lipinski definition) is 2. The van der Waals surface area contributed by atoms with Crippen LogP contribution in [-0.4, -0.2) is 8.42 Å². The number of nitrogens with one attached hydrogen (secondary N) is 1. The molecular formula is C18H9ClF5NO2S. The van der Waals surface area contributed by atoms with Gasteiger partial charge in [-0.2, -0.15) is 0 Å². The van der Waals surface area contributed by atoms with E-state index in [0.29, 0.717) is 0 Å². The largest absolute Gasteiger partial charge is 0.276 e. The zero-order chi connectivity index (χ0) is 20.6. The van der Waals surface area contributed by atoms with E-state index < -0.39 is 55.4 Å². The molecule has 0 saturated carbocycles. The maximum atomic E-state index is 14.4. The smallest absolute Gasteiger partial charge is 0.262 e. The summed E-state index contributed by atoms with van der Waals surface area (Å²) in [4.78, 5) is -0.331. The van der Waals surface area contributed by atoms with Gasteiger partial charge in [0.05, 0.1) is 15.6 Å². The van der Waals surface area contributed by atoms with Crippen LogP contribution >= 0.6 is 11.6 Å². The quantitative estimate of drug-likeness (QED) is 0.335. The Hall–Kier alpha value is -2.65. The van der Waals surface area contributed by atoms with Gasteiger partial charge in [0.25, 0.3) is 10.0 Å². The molecule has 146 valence electrons. The topological polar surface area (TPSA) is 46.2 Å². The lowest BCUT2D eigenvalue weighted by Crippen LogP contribution is -2.17. The van der Waals surface area contributed by atoms with Crippen molar-refractivity contribution in [1.29, 1.82) is 0 Å². The second-order valence-electron chi connectivity index (χ2n) is 5.55. The number of rotatable bonds is 4. The highest BCUT2D eigenvalue weighted by Crippen LogP contribution is 2.38. The van der Waals surface area contributed by atoms with Gasteiger partial charge in [-0.05, 0) is 29.8 Å². The fourth-order valence-electron chi connectivity index (χ4n) is 2.44. The van der Waals surface area contributed by atoms with Crippen molar-refractivity contribution in [2.45, 2.75) is 4.90 Å². The van der Waals surface area contributed by atoms with E-state index >= 15 is 0 Å². The molecule has 0 fully saturated rings. The van der Waals surface area contributed by atoms with Gasteiger partial charge in [-0.3, -0.25) is 4.72 Å². The molecule has 0 unspecified atom stereocenters. The zero-order valence-electron chi connectivity index (χ0n) is 13.6. The van der Waals surface area contributed by atoms with Gasteiger partial charge in [0.1, 0.15) is 5.82 Å². The Bertz CT molecular complexity index is 1170. The molecule has 28 heavy (non-hydrogen) atoms. The fourth-order valence-corrected chi connectivity index (χ4v) is 3.72. The molecule has 3 rings (SSSR count). The Labute approximate surface area is 161 Å². The minimum absolute atomic E-state index is 0.331. The Morgan fingerprint density at radius 3 is 2.00 bits per heavy atom. The molecule has 3 nitrogen and oxygen atoms in total. The third kappa shape index (κ3) is 3.55. The highest BCUT2D eigenvalue weighted by Gasteiger charge is 2.29. The van der Waals surface area contributed by atoms with Gasteiger partial charge in [0.2, 0.25) is 0 Å². The Balaban J connectivity index is 2.27. The first-order chi connectivity index (χ1) is 13.1. The van der Waals surface area contributed by atoms with Gasteiger partial charge < -0.3 is 0 Å². The summed E-state index contributed by atoms with van der Waals surface area (Å²) < 4.78 is 96.4. The molecule has 0 radical (unpaired) electrons. The minimum atomic E-state index is -4.48. The molecule has 1 N–H and O–H groups in total. The molecule has 3 aromatic carbocycles. The van der Waals surface area contributed by atoms with Crippen molar-refractivity contribution in [3.63, 3.8) is 0 Å². The predicted octanol–water partition coefficient (Wildman–Crippen LogP) is 5.50. The molecule has 0 aliphatic rings. The first kappa shape index (κ1) is 20.1. The van der Waals surface area contributed by atoms with Gasteiger partial charge in [-0.25, -0.2) is 30.4 Å². The van der Waals surface area contributed by atoms with Gasteiger partial charge in [0.15, 0.2) is 23.3 Å². The van der Waals surface area contributed by atoms with Crippen LogP contribution in [0.4, 0.5) is 27.6 Å². The highest BCUT2D eigenvalue weighted by atomic mass is 35.5. The van der Waals surface area contributed by atoms with E-state index in [1.165, 1.54) is 18.2 Å². The lowest BCUT2D eigenvalue weighted by Gasteiger charge is -2.16. The molecule has 0 aromatic heterocycles. The number of sulfonamides is 1. The number of anilines is 1. The molecule has 0 aliphatic carbocycles. The lowest BCUT2D eigenvalue weighted by molar-refractivity contribution is 0.413. The summed E-state index contributed by atoms with van der Waals surface area (Å²) in [6, 6.07) is 9.10. The Morgan fingerprint density at radius 1 is 0.786 bits per heavy atom. The zero-order valence-corrected chi connectivity index (χ0v) is 15.2. The van der Waals surface area contributed by atoms with Crippen LogP contribution in [0.15, 0.2) is 53.4 Å². The summed E-state index contributed by atoms with van der Waals surface area (Å²) in [5.74, 6) is -9.10. The minimum Gasteiger partial charge on any atom is -0.276 e. The summed E-state index contributed by atoms with van der Waals surface area (Å²) in [6.45, 7) is 0. The van der Waals surface area contributed by atoms with Gasteiger partial charge in [-0.15, -0.1) is 0 Å². The van der Waals surface area contributed by atoms with Crippen LogP contribution in [0.1, 0.15) is 0 Å². The molecule has 0 spiro atoms. The summed E-state index contributed by atoms with van der Waals surface area (Å²) in [5.41, 5.74) is -2.51. The maximum Gasteiger partial charge on any atom is 0.262 e. The average molecular weight is 434 g/mol. The van der Waals surface area contributed by atoms with Crippen molar-refractivity contribution in [2.24, 2.45) is 0 Å². The number of hydrogen-bond donors (Lipinski definition) is 1. The van der Waals surface area contributed by atoms with Crippen molar-refractivity contribution >= 4 is 27.3 Å². The summed E-state index contributed by atoms with van der Waals surface area (Å²) in [7, 11) is -4.48. The number of halogens is 6. The fraction of sp³-hybridized carbons (Fsp3) is 0. The first-order valence-corrected chi connectivity index (χ1v) is 9.39. The SMILES string of the molecule is O=S(=O)(Nc1c(F)c(F)c(F)c(F)c1-c1ccc(F)c(Cl)c1)c1ccccc1. The highest BCUT2D eigenvalue weighted by molar-refractivity contribution is 7.92. The van der Waals surface area contributed by atoms with E-state index in [2.05, 4.69) is 0 Å². The van der Waals surface area contributed by atoms with Crippen molar-refractivity contribution in [3.8, 4) is 11.1 Å². The molecule has 0 heterocycles. The lowest BCUT2D eigenvalue weighted by atomic mass is 10.0. The molecule has 3 aromatic rings. The maximum absolute atomic E-state index is 14.4. The third-order valence-corrected chi connectivity index (χ3v) is 5.42. The van der Waals surface area contributed by atoms with E-state index in [9.17, 15) is 30.4 Å². The van der Waals surface area contributed by atoms with Crippen LogP contribution in [0, 0.1) is 29.1 Å². The van der Waals surface area contributed by atoms with Gasteiger partial charge in [0, 0.05) is 5.56 Å². The van der Waals surface area contributed by atoms with Crippen LogP contribution in [-0.2, 0) is 10.0 Å². The van der Waals surface area contributed by atoms with Crippen molar-refractivity contribution < 1.29 is 30.4 Å². The molecular weight excluding hydrogens is 425 g/mol. The van der Waals surface area contributed by atoms with Crippen LogP contribution in [0.3, 0.4) is 0 Å². The summed E-state index contributed by atoms with van der Waals surface area (Å²) in [5, 5.41) is -0.515. The van der Waals surface area contributed by atoms with Crippen molar-refractivity contribution in [1.82, 2.24) is 0 Å². The second kappa shape index (κ2) is 7.40. The monoisotopic (exact) mass is 433 g/mol. The molecule has 0 amide bonds. The first-order valence-electron chi connectivity index (χ1n) is 7.52. The van der Waals surface area contributed by atoms with E-state index in [0.717, 1.165) is 30.3 Å². The molecule has 0 bridgehead atoms. The van der Waals surface area contributed by atoms with Crippen LogP contribution in [0.25, 0.3) is 11.1 Å². The van der Waals surface area contributed by atoms with E-state index in [-0.39, 0.29) is 10.5 Å². The normalized spacial score (nSPS) is 11.5. The van der Waals surface area contributed by atoms with Gasteiger partial charge >= 0.3 is 0 Å². The standard InChI is InChI=1S/C18H9ClF5NO2S/c19-11-8-9(6-7-12(11)20)13-14(21)15(22)16(23)17(24)18(13)25-28(26,27)10-4-2-1-3-5-10/h1-8,25H. The Kier molecular flexibility index (Phi) is 5.31. The summed E-state index contributed by atoms with van der Waals surface area (Å²) >= 11 is 5.61. The number of benzene rings is 3. The van der Waals surface area contributed by atoms with Crippen molar-refractivity contribution in [3.05, 3.63) is 82.6 Å². The molecule has 0 aliphatic heterocycles. The second-order valence-corrected chi connectivity index (χ2v) is 7.64. The van der Waals surface area contributed by atoms with Crippen LogP contribution < -0.4 is 4.72 Å². The Morgan fingerprint density at radius 2 is 1.39 bits per heavy atom. The van der Waals surface area contributed by atoms with Crippen molar-refractivity contribution in [2.75, 3.05) is 4.72 Å². The van der Waals surface area contributed by atoms with E-state index in [1.54, 1.807) is 4.72 Å². The van der Waals surface area contributed by atoms with Crippen LogP contribution in [0.2, 0.25) is 5.02 Å².